The number of carboxylic acid groups (broad SMARTS) is 1. The molecule has 0 radical (unpaired) electrons. The van der Waals surface area contributed by atoms with Gasteiger partial charge in [0.2, 0.25) is 6.29 Å². The molecule has 0 aliphatic heterocycles. The molecule has 3 N–H and O–H groups in total. The third kappa shape index (κ3) is 8.32. The average Bonchev–Trinajstić information content (AvgIpc) is 3.11. The number of phenolic OH excluding ortho intramolecular Hbond substituents is 1. The molecule has 0 saturated carbocycles. The molecule has 296 valence electrons. The van der Waals surface area contributed by atoms with Crippen LogP contribution in [0.5, 0.6) is 23.0 Å². The number of aliphatic hydroxyl groups is 1. The molecule has 12 heteroatoms. The number of phenols is 1. The van der Waals surface area contributed by atoms with E-state index in [0.29, 0.717) is 79.1 Å². The molecule has 1 aliphatic carbocycles. The van der Waals surface area contributed by atoms with Gasteiger partial charge in [-0.2, -0.15) is 0 Å². The number of aromatic carboxylic acids is 1. The van der Waals surface area contributed by atoms with Gasteiger partial charge in [0.05, 0.1) is 29.9 Å². The SMILES string of the molecule is COC1=CC(OC)C=C(C)C1C(=O)Oc1c(C)c(C)c(C(O)Oc2cc(C)c(C(=O)Oc3c(C)c(C)c(C(=O)O)c(C)c3CC(C)C)c(C)c2C)c(O)c1Br. The standard InChI is InChI=1S/C43H51BrO11/c1-18(2)14-29-27(11)34(40(46)47)23(7)25(9)38(29)54-41(48)32-20(4)16-30(21(5)22(32)6)53-43(50)35-24(8)26(10)39(36(44)37(35)45)55-42(49)33-19(3)15-28(51-12)17-31(33)52-13/h15-18,28,33,43,45,50H,14H2,1-13H3,(H,46,47). The highest BCUT2D eigenvalue weighted by Crippen LogP contribution is 2.46. The summed E-state index contributed by atoms with van der Waals surface area (Å²) in [7, 11) is 3.02. The Morgan fingerprint density at radius 2 is 1.40 bits per heavy atom. The number of aromatic hydroxyl groups is 1. The average molecular weight is 824 g/mol. The first-order valence-corrected chi connectivity index (χ1v) is 18.7. The van der Waals surface area contributed by atoms with Crippen molar-refractivity contribution < 1.29 is 53.4 Å². The number of ether oxygens (including phenoxy) is 5. The van der Waals surface area contributed by atoms with E-state index >= 15 is 0 Å². The number of carbonyl (C=O) groups excluding carboxylic acids is 2. The van der Waals surface area contributed by atoms with Crippen molar-refractivity contribution in [1.82, 2.24) is 0 Å². The van der Waals surface area contributed by atoms with Gasteiger partial charge in [0.15, 0.2) is 5.75 Å². The summed E-state index contributed by atoms with van der Waals surface area (Å²) in [5.41, 5.74) is 6.13. The summed E-state index contributed by atoms with van der Waals surface area (Å²) in [6.45, 7) is 19.6. The smallest absolute Gasteiger partial charge is 0.344 e. The minimum absolute atomic E-state index is 0.0490. The fraction of sp³-hybridized carbons (Fsp3) is 0.419. The molecule has 11 nitrogen and oxygen atoms in total. The zero-order chi connectivity index (χ0) is 41.4. The molecule has 3 unspecified atom stereocenters. The van der Waals surface area contributed by atoms with E-state index in [-0.39, 0.29) is 44.9 Å². The number of hydrogen-bond acceptors (Lipinski definition) is 10. The second-order valence-corrected chi connectivity index (χ2v) is 15.3. The molecular formula is C43H51BrO11. The van der Waals surface area contributed by atoms with Crippen LogP contribution in [-0.4, -0.2) is 53.6 Å². The number of carboxylic acids is 1. The van der Waals surface area contributed by atoms with Crippen molar-refractivity contribution in [2.45, 2.75) is 95.0 Å². The van der Waals surface area contributed by atoms with Crippen molar-refractivity contribution in [2.24, 2.45) is 11.8 Å². The Labute approximate surface area is 331 Å². The minimum Gasteiger partial charge on any atom is -0.506 e. The van der Waals surface area contributed by atoms with E-state index in [9.17, 15) is 29.7 Å². The van der Waals surface area contributed by atoms with E-state index in [1.54, 1.807) is 87.6 Å². The monoisotopic (exact) mass is 822 g/mol. The maximum absolute atomic E-state index is 13.9. The lowest BCUT2D eigenvalue weighted by Gasteiger charge is -2.26. The molecule has 0 amide bonds. The molecule has 0 heterocycles. The predicted molar refractivity (Wildman–Crippen MR) is 211 cm³/mol. The minimum atomic E-state index is -1.66. The van der Waals surface area contributed by atoms with Crippen LogP contribution < -0.4 is 14.2 Å². The fourth-order valence-corrected chi connectivity index (χ4v) is 7.73. The zero-order valence-electron chi connectivity index (χ0n) is 33.7. The van der Waals surface area contributed by atoms with Gasteiger partial charge in [-0.25, -0.2) is 9.59 Å². The van der Waals surface area contributed by atoms with Gasteiger partial charge in [0.25, 0.3) is 0 Å². The Balaban J connectivity index is 1.66. The number of benzene rings is 3. The van der Waals surface area contributed by atoms with Crippen LogP contribution in [0.25, 0.3) is 0 Å². The predicted octanol–water partition coefficient (Wildman–Crippen LogP) is 8.83. The molecule has 1 aliphatic rings. The van der Waals surface area contributed by atoms with Gasteiger partial charge in [-0.15, -0.1) is 0 Å². The van der Waals surface area contributed by atoms with Crippen molar-refractivity contribution in [3.05, 3.63) is 101 Å². The number of aliphatic hydroxyl groups excluding tert-OH is 1. The van der Waals surface area contributed by atoms with Crippen LogP contribution in [0.15, 0.2) is 34.0 Å². The highest BCUT2D eigenvalue weighted by atomic mass is 79.9. The molecule has 0 spiro atoms. The van der Waals surface area contributed by atoms with Crippen molar-refractivity contribution in [3.63, 3.8) is 0 Å². The summed E-state index contributed by atoms with van der Waals surface area (Å²) in [6.07, 6.45) is 1.99. The third-order valence-corrected chi connectivity index (χ3v) is 11.3. The fourth-order valence-electron chi connectivity index (χ4n) is 7.14. The van der Waals surface area contributed by atoms with Crippen LogP contribution in [0.3, 0.4) is 0 Å². The second-order valence-electron chi connectivity index (χ2n) is 14.5. The number of carbonyl (C=O) groups is 3. The first-order chi connectivity index (χ1) is 25.7. The number of aryl methyl sites for hydroxylation is 1. The number of esters is 2. The van der Waals surface area contributed by atoms with Crippen LogP contribution in [0, 0.1) is 67.2 Å². The van der Waals surface area contributed by atoms with E-state index in [0.717, 1.165) is 0 Å². The van der Waals surface area contributed by atoms with Crippen LogP contribution in [0.2, 0.25) is 0 Å². The van der Waals surface area contributed by atoms with E-state index in [4.69, 9.17) is 23.7 Å². The molecule has 0 fully saturated rings. The van der Waals surface area contributed by atoms with E-state index in [1.807, 2.05) is 13.8 Å². The van der Waals surface area contributed by atoms with Gasteiger partial charge in [-0.3, -0.25) is 4.79 Å². The highest BCUT2D eigenvalue weighted by Gasteiger charge is 2.35. The van der Waals surface area contributed by atoms with Crippen molar-refractivity contribution in [3.8, 4) is 23.0 Å². The van der Waals surface area contributed by atoms with Crippen LogP contribution >= 0.6 is 15.9 Å². The number of rotatable bonds is 12. The Bertz CT molecular complexity index is 2100. The Hall–Kier alpha value is -4.65. The molecule has 3 atom stereocenters. The van der Waals surface area contributed by atoms with Crippen molar-refractivity contribution in [2.75, 3.05) is 14.2 Å². The summed E-state index contributed by atoms with van der Waals surface area (Å²) >= 11 is 3.37. The second kappa shape index (κ2) is 17.0. The molecule has 3 aromatic carbocycles. The van der Waals surface area contributed by atoms with E-state index < -0.39 is 30.1 Å². The first-order valence-electron chi connectivity index (χ1n) is 17.9. The van der Waals surface area contributed by atoms with Gasteiger partial charge < -0.3 is 39.0 Å². The van der Waals surface area contributed by atoms with Crippen LogP contribution in [0.1, 0.15) is 103 Å². The van der Waals surface area contributed by atoms with E-state index in [1.165, 1.54) is 7.11 Å². The molecule has 0 saturated heterocycles. The molecule has 0 aromatic heterocycles. The quantitative estimate of drug-likeness (QED) is 0.0694. The highest BCUT2D eigenvalue weighted by molar-refractivity contribution is 9.10. The van der Waals surface area contributed by atoms with Gasteiger partial charge in [0.1, 0.15) is 33.4 Å². The Morgan fingerprint density at radius 3 is 1.96 bits per heavy atom. The lowest BCUT2D eigenvalue weighted by molar-refractivity contribution is -0.137. The van der Waals surface area contributed by atoms with Crippen LogP contribution in [0.4, 0.5) is 0 Å². The summed E-state index contributed by atoms with van der Waals surface area (Å²) in [5.74, 6) is -2.24. The summed E-state index contributed by atoms with van der Waals surface area (Å²) in [4.78, 5) is 39.6. The molecule has 55 heavy (non-hydrogen) atoms. The van der Waals surface area contributed by atoms with Crippen molar-refractivity contribution >= 4 is 33.8 Å². The third-order valence-electron chi connectivity index (χ3n) is 10.6. The number of halogens is 1. The van der Waals surface area contributed by atoms with Gasteiger partial charge in [-0.1, -0.05) is 25.5 Å². The summed E-state index contributed by atoms with van der Waals surface area (Å²) in [5, 5.41) is 32.8. The van der Waals surface area contributed by atoms with Gasteiger partial charge >= 0.3 is 17.9 Å². The Kier molecular flexibility index (Phi) is 13.3. The maximum Gasteiger partial charge on any atom is 0.344 e. The summed E-state index contributed by atoms with van der Waals surface area (Å²) in [6, 6.07) is 1.62. The molecule has 3 aromatic rings. The van der Waals surface area contributed by atoms with E-state index in [2.05, 4.69) is 15.9 Å². The van der Waals surface area contributed by atoms with Gasteiger partial charge in [0, 0.05) is 7.11 Å². The Morgan fingerprint density at radius 1 is 0.800 bits per heavy atom. The molecular weight excluding hydrogens is 772 g/mol. The summed E-state index contributed by atoms with van der Waals surface area (Å²) < 4.78 is 28.9. The lowest BCUT2D eigenvalue weighted by Crippen LogP contribution is -2.29. The largest absolute Gasteiger partial charge is 0.506 e. The number of hydrogen-bond donors (Lipinski definition) is 3. The van der Waals surface area contributed by atoms with Crippen LogP contribution in [-0.2, 0) is 20.7 Å². The number of methoxy groups -OCH3 is 2. The molecule has 4 rings (SSSR count). The zero-order valence-corrected chi connectivity index (χ0v) is 35.3. The van der Waals surface area contributed by atoms with Gasteiger partial charge in [-0.05, 0) is 153 Å². The topological polar surface area (TPSA) is 158 Å². The van der Waals surface area contributed by atoms with Crippen molar-refractivity contribution in [1.29, 1.82) is 0 Å². The normalized spacial score (nSPS) is 16.0. The first kappa shape index (κ1) is 43.1. The lowest BCUT2D eigenvalue weighted by atomic mass is 9.88. The maximum atomic E-state index is 13.9. The molecule has 0 bridgehead atoms.